The Hall–Kier alpha value is -3.79. The Morgan fingerprint density at radius 1 is 0.919 bits per heavy atom. The molecule has 3 N–H and O–H groups in total. The van der Waals surface area contributed by atoms with Crippen LogP contribution in [0.1, 0.15) is 22.6 Å². The van der Waals surface area contributed by atoms with E-state index in [1.165, 1.54) is 21.3 Å². The third kappa shape index (κ3) is 3.38. The highest BCUT2D eigenvalue weighted by molar-refractivity contribution is 5.82. The first-order chi connectivity index (χ1) is 17.9. The lowest BCUT2D eigenvalue weighted by atomic mass is 9.70. The highest BCUT2D eigenvalue weighted by Gasteiger charge is 2.78. The zero-order valence-corrected chi connectivity index (χ0v) is 20.9. The van der Waals surface area contributed by atoms with Crippen molar-refractivity contribution in [2.45, 2.75) is 23.2 Å². The van der Waals surface area contributed by atoms with Gasteiger partial charge in [0.15, 0.2) is 11.2 Å². The SMILES string of the molecule is CONC(=O)[C@H]1[C@@H](O)[C@@]2(O)c3c(OC)cc(OC)cc3O[C@@]2(c2ccc(OC)cc2)[C@@H]1c1ccccc1. The number of nitrogens with one attached hydrogen (secondary N) is 1. The van der Waals surface area contributed by atoms with Crippen molar-refractivity contribution < 1.29 is 38.8 Å². The van der Waals surface area contributed by atoms with Gasteiger partial charge < -0.3 is 29.2 Å². The monoisotopic (exact) mass is 507 g/mol. The second-order valence-corrected chi connectivity index (χ2v) is 9.06. The lowest BCUT2D eigenvalue weighted by molar-refractivity contribution is -0.157. The number of hydrogen-bond donors (Lipinski definition) is 3. The van der Waals surface area contributed by atoms with Crippen molar-refractivity contribution in [2.75, 3.05) is 28.4 Å². The normalized spacial score (nSPS) is 27.6. The number of amides is 1. The van der Waals surface area contributed by atoms with Gasteiger partial charge >= 0.3 is 0 Å². The molecule has 37 heavy (non-hydrogen) atoms. The van der Waals surface area contributed by atoms with Crippen LogP contribution in [0.5, 0.6) is 23.0 Å². The minimum Gasteiger partial charge on any atom is -0.497 e. The summed E-state index contributed by atoms with van der Waals surface area (Å²) >= 11 is 0. The predicted octanol–water partition coefficient (Wildman–Crippen LogP) is 2.64. The molecule has 1 aliphatic carbocycles. The van der Waals surface area contributed by atoms with Crippen LogP contribution < -0.4 is 24.4 Å². The Bertz CT molecular complexity index is 1300. The number of rotatable bonds is 7. The van der Waals surface area contributed by atoms with Crippen LogP contribution in [0.25, 0.3) is 0 Å². The van der Waals surface area contributed by atoms with Crippen LogP contribution in [0.15, 0.2) is 66.7 Å². The first-order valence-corrected chi connectivity index (χ1v) is 11.8. The molecule has 1 aliphatic heterocycles. The van der Waals surface area contributed by atoms with Crippen molar-refractivity contribution >= 4 is 5.91 Å². The quantitative estimate of drug-likeness (QED) is 0.418. The van der Waals surface area contributed by atoms with Gasteiger partial charge in [-0.15, -0.1) is 0 Å². The van der Waals surface area contributed by atoms with Gasteiger partial charge in [0.1, 0.15) is 29.1 Å². The van der Waals surface area contributed by atoms with E-state index in [-0.39, 0.29) is 17.1 Å². The average Bonchev–Trinajstić information content (AvgIpc) is 3.31. The van der Waals surface area contributed by atoms with Crippen LogP contribution in [-0.2, 0) is 20.8 Å². The van der Waals surface area contributed by atoms with E-state index in [2.05, 4.69) is 5.48 Å². The summed E-state index contributed by atoms with van der Waals surface area (Å²) < 4.78 is 23.2. The smallest absolute Gasteiger partial charge is 0.250 e. The zero-order chi connectivity index (χ0) is 26.4. The minimum atomic E-state index is -2.11. The van der Waals surface area contributed by atoms with E-state index in [9.17, 15) is 15.0 Å². The van der Waals surface area contributed by atoms with Crippen molar-refractivity contribution in [3.63, 3.8) is 0 Å². The van der Waals surface area contributed by atoms with Crippen molar-refractivity contribution in [3.8, 4) is 23.0 Å². The van der Waals surface area contributed by atoms with Crippen molar-refractivity contribution in [1.29, 1.82) is 0 Å². The molecule has 0 radical (unpaired) electrons. The number of carbonyl (C=O) groups is 1. The topological polar surface area (TPSA) is 116 Å². The van der Waals surface area contributed by atoms with Crippen LogP contribution in [0.2, 0.25) is 0 Å². The summed E-state index contributed by atoms with van der Waals surface area (Å²) in [6, 6.07) is 19.4. The minimum absolute atomic E-state index is 0.229. The summed E-state index contributed by atoms with van der Waals surface area (Å²) in [5.74, 6) is -1.02. The first kappa shape index (κ1) is 24.9. The van der Waals surface area contributed by atoms with Gasteiger partial charge in [-0.3, -0.25) is 9.63 Å². The molecule has 0 bridgehead atoms. The summed E-state index contributed by atoms with van der Waals surface area (Å²) in [6.07, 6.45) is -1.61. The molecule has 1 saturated carbocycles. The molecule has 1 amide bonds. The Morgan fingerprint density at radius 2 is 1.59 bits per heavy atom. The highest BCUT2D eigenvalue weighted by atomic mass is 16.6. The molecule has 9 heteroatoms. The molecule has 5 atom stereocenters. The maximum absolute atomic E-state index is 13.4. The lowest BCUT2D eigenvalue weighted by Gasteiger charge is -2.40. The summed E-state index contributed by atoms with van der Waals surface area (Å²) in [5, 5.41) is 24.6. The molecule has 0 aromatic heterocycles. The fourth-order valence-electron chi connectivity index (χ4n) is 5.96. The number of methoxy groups -OCH3 is 3. The molecule has 1 fully saturated rings. The number of aliphatic hydroxyl groups is 2. The molecular formula is C28H29NO8. The van der Waals surface area contributed by atoms with E-state index in [1.54, 1.807) is 43.5 Å². The van der Waals surface area contributed by atoms with Gasteiger partial charge in [0.05, 0.1) is 39.9 Å². The zero-order valence-electron chi connectivity index (χ0n) is 20.9. The molecule has 3 aromatic rings. The predicted molar refractivity (Wildman–Crippen MR) is 133 cm³/mol. The standard InChI is InChI=1S/C28H29NO8/c1-33-18-12-10-17(11-13-18)28-23(16-8-6-5-7-9-16)22(26(31)29-36-4)25(30)27(28,32)24-20(35-3)14-19(34-2)15-21(24)37-28/h5-15,22-23,25,30,32H,1-4H3,(H,29,31)/t22-,23-,25-,27+,28+/m1/s1. The van der Waals surface area contributed by atoms with Gasteiger partial charge in [-0.2, -0.15) is 0 Å². The van der Waals surface area contributed by atoms with Crippen molar-refractivity contribution in [1.82, 2.24) is 5.48 Å². The fraction of sp³-hybridized carbons (Fsp3) is 0.321. The third-order valence-electron chi connectivity index (χ3n) is 7.46. The number of benzene rings is 3. The van der Waals surface area contributed by atoms with Gasteiger partial charge in [0.2, 0.25) is 5.91 Å². The molecule has 9 nitrogen and oxygen atoms in total. The molecule has 3 aromatic carbocycles. The van der Waals surface area contributed by atoms with Gasteiger partial charge in [0, 0.05) is 18.1 Å². The summed E-state index contributed by atoms with van der Waals surface area (Å²) in [5.41, 5.74) is 0.0464. The molecule has 0 saturated heterocycles. The van der Waals surface area contributed by atoms with E-state index >= 15 is 0 Å². The Balaban J connectivity index is 1.87. The van der Waals surface area contributed by atoms with E-state index in [0.717, 1.165) is 0 Å². The largest absolute Gasteiger partial charge is 0.497 e. The molecule has 5 rings (SSSR count). The fourth-order valence-corrected chi connectivity index (χ4v) is 5.96. The van der Waals surface area contributed by atoms with Crippen molar-refractivity contribution in [2.24, 2.45) is 5.92 Å². The van der Waals surface area contributed by atoms with Crippen molar-refractivity contribution in [3.05, 3.63) is 83.4 Å². The number of ether oxygens (including phenoxy) is 4. The highest BCUT2D eigenvalue weighted by Crippen LogP contribution is 2.70. The average molecular weight is 508 g/mol. The van der Waals surface area contributed by atoms with E-state index in [1.807, 2.05) is 30.3 Å². The van der Waals surface area contributed by atoms with Crippen LogP contribution >= 0.6 is 0 Å². The number of fused-ring (bicyclic) bond motifs is 3. The van der Waals surface area contributed by atoms with E-state index < -0.39 is 35.0 Å². The van der Waals surface area contributed by atoms with E-state index in [0.29, 0.717) is 22.6 Å². The second kappa shape index (κ2) is 9.26. The van der Waals surface area contributed by atoms with Crippen LogP contribution in [0.3, 0.4) is 0 Å². The molecule has 0 spiro atoms. The summed E-state index contributed by atoms with van der Waals surface area (Å²) in [4.78, 5) is 18.3. The second-order valence-electron chi connectivity index (χ2n) is 9.06. The number of carbonyl (C=O) groups excluding carboxylic acids is 1. The number of hydrogen-bond acceptors (Lipinski definition) is 8. The maximum Gasteiger partial charge on any atom is 0.250 e. The van der Waals surface area contributed by atoms with Crippen LogP contribution in [0.4, 0.5) is 0 Å². The number of aliphatic hydroxyl groups excluding tert-OH is 1. The summed E-state index contributed by atoms with van der Waals surface area (Å²) in [6.45, 7) is 0. The van der Waals surface area contributed by atoms with Gasteiger partial charge in [-0.25, -0.2) is 5.48 Å². The van der Waals surface area contributed by atoms with Gasteiger partial charge in [-0.05, 0) is 23.3 Å². The van der Waals surface area contributed by atoms with Gasteiger partial charge in [-0.1, -0.05) is 42.5 Å². The molecule has 194 valence electrons. The lowest BCUT2D eigenvalue weighted by Crippen LogP contribution is -2.52. The number of hydroxylamine groups is 1. The first-order valence-electron chi connectivity index (χ1n) is 11.8. The van der Waals surface area contributed by atoms with Crippen LogP contribution in [0, 0.1) is 5.92 Å². The van der Waals surface area contributed by atoms with E-state index in [4.69, 9.17) is 23.8 Å². The van der Waals surface area contributed by atoms with Crippen LogP contribution in [-0.4, -0.2) is 50.7 Å². The Kier molecular flexibility index (Phi) is 6.23. The Labute approximate surface area is 214 Å². The maximum atomic E-state index is 13.4. The third-order valence-corrected chi connectivity index (χ3v) is 7.46. The molecule has 0 unspecified atom stereocenters. The Morgan fingerprint density at radius 3 is 2.19 bits per heavy atom. The molecular weight excluding hydrogens is 478 g/mol. The summed E-state index contributed by atoms with van der Waals surface area (Å²) in [7, 11) is 5.83. The molecule has 2 aliphatic rings. The molecule has 1 heterocycles. The van der Waals surface area contributed by atoms with Gasteiger partial charge in [0.25, 0.3) is 0 Å².